The van der Waals surface area contributed by atoms with Crippen LogP contribution in [0.25, 0.3) is 0 Å². The van der Waals surface area contributed by atoms with Crippen molar-refractivity contribution in [2.75, 3.05) is 33.7 Å². The monoisotopic (exact) mass is 369 g/mol. The molecule has 2 N–H and O–H groups in total. The second-order valence-electron chi connectivity index (χ2n) is 7.09. The van der Waals surface area contributed by atoms with Gasteiger partial charge in [0.2, 0.25) is 0 Å². The van der Waals surface area contributed by atoms with E-state index in [0.717, 1.165) is 31.5 Å². The third-order valence-electron chi connectivity index (χ3n) is 4.77. The maximum absolute atomic E-state index is 12.3. The Hall–Kier alpha value is -2.67. The van der Waals surface area contributed by atoms with E-state index in [4.69, 9.17) is 0 Å². The zero-order valence-electron chi connectivity index (χ0n) is 15.9. The van der Waals surface area contributed by atoms with Gasteiger partial charge in [-0.3, -0.25) is 14.3 Å². The smallest absolute Gasteiger partial charge is 0.271 e. The highest BCUT2D eigenvalue weighted by molar-refractivity contribution is 5.94. The van der Waals surface area contributed by atoms with Crippen molar-refractivity contribution in [3.05, 3.63) is 53.3 Å². The molecule has 2 amide bonds. The molecule has 1 saturated heterocycles. The van der Waals surface area contributed by atoms with Crippen molar-refractivity contribution in [2.45, 2.75) is 25.3 Å². The molecule has 0 radical (unpaired) electrons. The number of hydrogen-bond donors (Lipinski definition) is 2. The van der Waals surface area contributed by atoms with Gasteiger partial charge in [-0.15, -0.1) is 0 Å². The van der Waals surface area contributed by atoms with Gasteiger partial charge < -0.3 is 15.5 Å². The van der Waals surface area contributed by atoms with Gasteiger partial charge in [-0.1, -0.05) is 12.1 Å². The maximum atomic E-state index is 12.3. The van der Waals surface area contributed by atoms with Crippen molar-refractivity contribution in [3.63, 3.8) is 0 Å². The molecule has 1 unspecified atom stereocenters. The molecule has 1 aliphatic rings. The molecule has 0 spiro atoms. The second kappa shape index (κ2) is 8.81. The van der Waals surface area contributed by atoms with Crippen LogP contribution in [0.2, 0.25) is 0 Å². The van der Waals surface area contributed by atoms with Crippen LogP contribution in [0.4, 0.5) is 0 Å². The Labute approximate surface area is 159 Å². The van der Waals surface area contributed by atoms with Crippen LogP contribution in [0.1, 0.15) is 45.3 Å². The van der Waals surface area contributed by atoms with Crippen LogP contribution < -0.4 is 10.6 Å². The van der Waals surface area contributed by atoms with Crippen molar-refractivity contribution in [3.8, 4) is 0 Å². The SMILES string of the molecule is CN(C)C(=O)c1cccc(CCNC(=O)c2ccn(C3CCCNC3)n2)c1. The summed E-state index contributed by atoms with van der Waals surface area (Å²) in [4.78, 5) is 25.9. The Morgan fingerprint density at radius 3 is 2.93 bits per heavy atom. The molecule has 0 bridgehead atoms. The van der Waals surface area contributed by atoms with Crippen LogP contribution in [-0.2, 0) is 6.42 Å². The van der Waals surface area contributed by atoms with Crippen LogP contribution in [0.15, 0.2) is 36.5 Å². The number of nitrogens with one attached hydrogen (secondary N) is 2. The van der Waals surface area contributed by atoms with Gasteiger partial charge in [-0.2, -0.15) is 5.10 Å². The lowest BCUT2D eigenvalue weighted by atomic mass is 10.1. The lowest BCUT2D eigenvalue weighted by molar-refractivity contribution is 0.0827. The Bertz CT molecular complexity index is 793. The fourth-order valence-electron chi connectivity index (χ4n) is 3.25. The fraction of sp³-hybridized carbons (Fsp3) is 0.450. The first-order valence-corrected chi connectivity index (χ1v) is 9.39. The largest absolute Gasteiger partial charge is 0.350 e. The first kappa shape index (κ1) is 19.1. The Kier molecular flexibility index (Phi) is 6.24. The highest BCUT2D eigenvalue weighted by Crippen LogP contribution is 2.15. The van der Waals surface area contributed by atoms with Crippen LogP contribution in [0.3, 0.4) is 0 Å². The summed E-state index contributed by atoms with van der Waals surface area (Å²) in [5.74, 6) is -0.193. The molecule has 1 aliphatic heterocycles. The second-order valence-corrected chi connectivity index (χ2v) is 7.09. The molecule has 7 nitrogen and oxygen atoms in total. The van der Waals surface area contributed by atoms with Crippen LogP contribution in [-0.4, -0.2) is 60.2 Å². The molecule has 144 valence electrons. The van der Waals surface area contributed by atoms with Crippen molar-refractivity contribution in [2.24, 2.45) is 0 Å². The van der Waals surface area contributed by atoms with E-state index < -0.39 is 0 Å². The topological polar surface area (TPSA) is 79.3 Å². The van der Waals surface area contributed by atoms with Gasteiger partial charge in [-0.25, -0.2) is 0 Å². The Balaban J connectivity index is 1.52. The number of carbonyl (C=O) groups excluding carboxylic acids is 2. The summed E-state index contributed by atoms with van der Waals surface area (Å²) in [6.45, 7) is 2.44. The molecule has 1 aromatic heterocycles. The lowest BCUT2D eigenvalue weighted by Gasteiger charge is -2.22. The molecule has 3 rings (SSSR count). The number of rotatable bonds is 6. The van der Waals surface area contributed by atoms with Gasteiger partial charge in [-0.05, 0) is 49.6 Å². The van der Waals surface area contributed by atoms with Crippen LogP contribution >= 0.6 is 0 Å². The number of nitrogens with zero attached hydrogens (tertiary/aromatic N) is 3. The van der Waals surface area contributed by atoms with Crippen molar-refractivity contribution >= 4 is 11.8 Å². The summed E-state index contributed by atoms with van der Waals surface area (Å²) in [6.07, 6.45) is 4.75. The number of carbonyl (C=O) groups is 2. The summed E-state index contributed by atoms with van der Waals surface area (Å²) in [6, 6.07) is 9.59. The normalized spacial score (nSPS) is 16.7. The van der Waals surface area contributed by atoms with Crippen LogP contribution in [0.5, 0.6) is 0 Å². The fourth-order valence-corrected chi connectivity index (χ4v) is 3.25. The quantitative estimate of drug-likeness (QED) is 0.808. The number of piperidine rings is 1. The minimum absolute atomic E-state index is 0.0244. The maximum Gasteiger partial charge on any atom is 0.271 e. The lowest BCUT2D eigenvalue weighted by Crippen LogP contribution is -2.32. The highest BCUT2D eigenvalue weighted by Gasteiger charge is 2.17. The molecule has 1 aromatic carbocycles. The van der Waals surface area contributed by atoms with Gasteiger partial charge in [0.1, 0.15) is 5.69 Å². The van der Waals surface area contributed by atoms with Crippen molar-refractivity contribution in [1.29, 1.82) is 0 Å². The highest BCUT2D eigenvalue weighted by atomic mass is 16.2. The van der Waals surface area contributed by atoms with Gasteiger partial charge in [0.05, 0.1) is 6.04 Å². The van der Waals surface area contributed by atoms with Crippen molar-refractivity contribution < 1.29 is 9.59 Å². The molecule has 2 heterocycles. The third-order valence-corrected chi connectivity index (χ3v) is 4.77. The van der Waals surface area contributed by atoms with E-state index >= 15 is 0 Å². The first-order valence-electron chi connectivity index (χ1n) is 9.39. The van der Waals surface area contributed by atoms with Crippen LogP contribution in [0, 0.1) is 0 Å². The molecule has 1 fully saturated rings. The number of benzene rings is 1. The van der Waals surface area contributed by atoms with E-state index in [2.05, 4.69) is 15.7 Å². The van der Waals surface area contributed by atoms with Gasteiger partial charge in [0.15, 0.2) is 0 Å². The van der Waals surface area contributed by atoms with Gasteiger partial charge >= 0.3 is 0 Å². The summed E-state index contributed by atoms with van der Waals surface area (Å²) < 4.78 is 1.89. The van der Waals surface area contributed by atoms with E-state index in [1.807, 2.05) is 29.1 Å². The van der Waals surface area contributed by atoms with E-state index in [1.165, 1.54) is 0 Å². The Morgan fingerprint density at radius 2 is 2.19 bits per heavy atom. The summed E-state index contributed by atoms with van der Waals surface area (Å²) >= 11 is 0. The van der Waals surface area contributed by atoms with E-state index in [-0.39, 0.29) is 11.8 Å². The number of aromatic nitrogens is 2. The van der Waals surface area contributed by atoms with Gasteiger partial charge in [0, 0.05) is 38.9 Å². The Morgan fingerprint density at radius 1 is 1.33 bits per heavy atom. The van der Waals surface area contributed by atoms with Crippen molar-refractivity contribution in [1.82, 2.24) is 25.3 Å². The summed E-state index contributed by atoms with van der Waals surface area (Å²) in [5, 5.41) is 10.7. The average Bonchev–Trinajstić information content (AvgIpc) is 3.18. The number of hydrogen-bond acceptors (Lipinski definition) is 4. The molecule has 1 atom stereocenters. The van der Waals surface area contributed by atoms with Gasteiger partial charge in [0.25, 0.3) is 11.8 Å². The van der Waals surface area contributed by atoms with E-state index in [0.29, 0.717) is 30.3 Å². The minimum Gasteiger partial charge on any atom is -0.350 e. The predicted molar refractivity (Wildman–Crippen MR) is 104 cm³/mol. The molecule has 7 heteroatoms. The summed E-state index contributed by atoms with van der Waals surface area (Å²) in [7, 11) is 3.47. The molecular weight excluding hydrogens is 342 g/mol. The third kappa shape index (κ3) is 4.95. The number of amides is 2. The zero-order valence-corrected chi connectivity index (χ0v) is 15.9. The average molecular weight is 369 g/mol. The molecule has 2 aromatic rings. The molecule has 0 saturated carbocycles. The predicted octanol–water partition coefficient (Wildman–Crippen LogP) is 1.48. The standard InChI is InChI=1S/C20H27N5O2/c1-24(2)20(27)16-6-3-5-15(13-16)8-11-22-19(26)18-9-12-25(23-18)17-7-4-10-21-14-17/h3,5-6,9,12-13,17,21H,4,7-8,10-11,14H2,1-2H3,(H,22,26). The molecular formula is C20H27N5O2. The molecule has 0 aliphatic carbocycles. The molecule has 27 heavy (non-hydrogen) atoms. The summed E-state index contributed by atoms with van der Waals surface area (Å²) in [5.41, 5.74) is 2.11. The zero-order chi connectivity index (χ0) is 19.2. The van der Waals surface area contributed by atoms with E-state index in [1.54, 1.807) is 31.1 Å². The van der Waals surface area contributed by atoms with E-state index in [9.17, 15) is 9.59 Å². The minimum atomic E-state index is -0.168. The first-order chi connectivity index (χ1) is 13.0.